The Kier molecular flexibility index (Phi) is 6.27. The van der Waals surface area contributed by atoms with Gasteiger partial charge in [0.15, 0.2) is 0 Å². The summed E-state index contributed by atoms with van der Waals surface area (Å²) in [7, 11) is 0. The fraction of sp³-hybridized carbons (Fsp3) is 0.650. The minimum Gasteiger partial charge on any atom is -0.444 e. The molecular formula is C20H31NO3. The average molecular weight is 333 g/mol. The molecule has 1 fully saturated rings. The predicted molar refractivity (Wildman–Crippen MR) is 95.9 cm³/mol. The number of ether oxygens (including phenoxy) is 1. The van der Waals surface area contributed by atoms with Gasteiger partial charge in [0, 0.05) is 6.54 Å². The van der Waals surface area contributed by atoms with Gasteiger partial charge >= 0.3 is 6.09 Å². The summed E-state index contributed by atoms with van der Waals surface area (Å²) in [5, 5.41) is 10.4. The van der Waals surface area contributed by atoms with Gasteiger partial charge < -0.3 is 14.7 Å². The van der Waals surface area contributed by atoms with E-state index < -0.39 is 11.7 Å². The largest absolute Gasteiger partial charge is 0.444 e. The second kappa shape index (κ2) is 8.02. The van der Waals surface area contributed by atoms with Crippen LogP contribution in [0, 0.1) is 5.92 Å². The number of nitrogens with zero attached hydrogens (tertiary/aromatic N) is 1. The van der Waals surface area contributed by atoms with E-state index in [1.807, 2.05) is 33.8 Å². The zero-order valence-electron chi connectivity index (χ0n) is 15.4. The fourth-order valence-corrected chi connectivity index (χ4v) is 3.39. The highest BCUT2D eigenvalue weighted by Crippen LogP contribution is 2.30. The first-order valence-corrected chi connectivity index (χ1v) is 9.01. The van der Waals surface area contributed by atoms with E-state index in [0.29, 0.717) is 18.9 Å². The minimum absolute atomic E-state index is 0.160. The molecule has 134 valence electrons. The third kappa shape index (κ3) is 5.23. The van der Waals surface area contributed by atoms with Crippen LogP contribution < -0.4 is 0 Å². The normalized spacial score (nSPS) is 23.0. The second-order valence-corrected chi connectivity index (χ2v) is 7.80. The van der Waals surface area contributed by atoms with Crippen molar-refractivity contribution in [1.29, 1.82) is 0 Å². The Labute approximate surface area is 145 Å². The average Bonchev–Trinajstić information content (AvgIpc) is 2.53. The Bertz CT molecular complexity index is 523. The maximum absolute atomic E-state index is 12.5. The topological polar surface area (TPSA) is 49.8 Å². The highest BCUT2D eigenvalue weighted by Gasteiger charge is 2.37. The van der Waals surface area contributed by atoms with Crippen LogP contribution in [0.4, 0.5) is 4.79 Å². The molecule has 2 rings (SSSR count). The molecule has 3 atom stereocenters. The lowest BCUT2D eigenvalue weighted by Gasteiger charge is -2.42. The highest BCUT2D eigenvalue weighted by molar-refractivity contribution is 5.68. The Hall–Kier alpha value is -1.55. The number of aliphatic hydroxyl groups is 1. The summed E-state index contributed by atoms with van der Waals surface area (Å²) in [5.74, 6) is 0.484. The molecule has 0 aliphatic carbocycles. The van der Waals surface area contributed by atoms with Gasteiger partial charge in [-0.05, 0) is 57.9 Å². The Morgan fingerprint density at radius 1 is 1.33 bits per heavy atom. The molecule has 0 saturated carbocycles. The molecule has 1 saturated heterocycles. The molecule has 24 heavy (non-hydrogen) atoms. The van der Waals surface area contributed by atoms with Gasteiger partial charge in [0.2, 0.25) is 0 Å². The number of benzene rings is 1. The van der Waals surface area contributed by atoms with Crippen LogP contribution in [0.5, 0.6) is 0 Å². The van der Waals surface area contributed by atoms with E-state index in [0.717, 1.165) is 19.3 Å². The Balaban J connectivity index is 2.05. The quantitative estimate of drug-likeness (QED) is 0.905. The Morgan fingerprint density at radius 2 is 2.00 bits per heavy atom. The lowest BCUT2D eigenvalue weighted by Crippen LogP contribution is -2.53. The van der Waals surface area contributed by atoms with Crippen molar-refractivity contribution in [2.24, 2.45) is 5.92 Å². The number of carbonyl (C=O) groups excluding carboxylic acids is 1. The SMILES string of the molecule is CC[C@@H](O)[C@H]1C[C@@H](Cc2ccccc2)CCN1C(=O)OC(C)(C)C. The van der Waals surface area contributed by atoms with Crippen molar-refractivity contribution in [3.05, 3.63) is 35.9 Å². The standard InChI is InChI=1S/C20H31NO3/c1-5-18(22)17-14-16(13-15-9-7-6-8-10-15)11-12-21(17)19(23)24-20(2,3)4/h6-10,16-18,22H,5,11-14H2,1-4H3/t16-,17-,18-/m1/s1. The van der Waals surface area contributed by atoms with E-state index >= 15 is 0 Å². The smallest absolute Gasteiger partial charge is 0.410 e. The third-order valence-corrected chi connectivity index (χ3v) is 4.61. The molecule has 0 unspecified atom stereocenters. The number of amides is 1. The van der Waals surface area contributed by atoms with E-state index in [9.17, 15) is 9.90 Å². The third-order valence-electron chi connectivity index (χ3n) is 4.61. The Morgan fingerprint density at radius 3 is 2.58 bits per heavy atom. The van der Waals surface area contributed by atoms with Gasteiger partial charge in [-0.25, -0.2) is 4.79 Å². The van der Waals surface area contributed by atoms with Gasteiger partial charge in [-0.2, -0.15) is 0 Å². The summed E-state index contributed by atoms with van der Waals surface area (Å²) >= 11 is 0. The molecule has 0 aromatic heterocycles. The summed E-state index contributed by atoms with van der Waals surface area (Å²) in [6.07, 6.45) is 2.59. The van der Waals surface area contributed by atoms with Crippen molar-refractivity contribution in [2.75, 3.05) is 6.54 Å². The second-order valence-electron chi connectivity index (χ2n) is 7.80. The number of rotatable bonds is 4. The molecule has 1 aromatic rings. The van der Waals surface area contributed by atoms with Crippen molar-refractivity contribution in [1.82, 2.24) is 4.90 Å². The molecule has 0 radical (unpaired) electrons. The van der Waals surface area contributed by atoms with Gasteiger partial charge in [-0.3, -0.25) is 0 Å². The number of aliphatic hydroxyl groups excluding tert-OH is 1. The monoisotopic (exact) mass is 333 g/mol. The zero-order valence-corrected chi connectivity index (χ0v) is 15.4. The highest BCUT2D eigenvalue weighted by atomic mass is 16.6. The summed E-state index contributed by atoms with van der Waals surface area (Å²) in [6.45, 7) is 8.22. The lowest BCUT2D eigenvalue weighted by atomic mass is 9.84. The van der Waals surface area contributed by atoms with Crippen LogP contribution in [-0.4, -0.2) is 40.4 Å². The van der Waals surface area contributed by atoms with E-state index in [1.165, 1.54) is 5.56 Å². The molecule has 1 aliphatic heterocycles. The molecule has 0 spiro atoms. The summed E-state index contributed by atoms with van der Waals surface area (Å²) in [5.41, 5.74) is 0.803. The van der Waals surface area contributed by atoms with Gasteiger partial charge in [-0.15, -0.1) is 0 Å². The van der Waals surface area contributed by atoms with E-state index in [4.69, 9.17) is 4.74 Å². The molecule has 4 nitrogen and oxygen atoms in total. The fourth-order valence-electron chi connectivity index (χ4n) is 3.39. The van der Waals surface area contributed by atoms with Crippen LogP contribution in [0.25, 0.3) is 0 Å². The zero-order chi connectivity index (χ0) is 17.7. The van der Waals surface area contributed by atoms with Crippen molar-refractivity contribution < 1.29 is 14.6 Å². The summed E-state index contributed by atoms with van der Waals surface area (Å²) in [4.78, 5) is 14.2. The van der Waals surface area contributed by atoms with Gasteiger partial charge in [0.1, 0.15) is 5.60 Å². The maximum Gasteiger partial charge on any atom is 0.410 e. The van der Waals surface area contributed by atoms with E-state index in [-0.39, 0.29) is 12.1 Å². The number of likely N-dealkylation sites (tertiary alicyclic amines) is 1. The summed E-state index contributed by atoms with van der Waals surface area (Å²) < 4.78 is 5.53. The molecule has 1 N–H and O–H groups in total. The van der Waals surface area contributed by atoms with Gasteiger partial charge in [-0.1, -0.05) is 37.3 Å². The van der Waals surface area contributed by atoms with Crippen molar-refractivity contribution >= 4 is 6.09 Å². The molecule has 1 amide bonds. The number of piperidine rings is 1. The summed E-state index contributed by atoms with van der Waals surface area (Å²) in [6, 6.07) is 10.3. The van der Waals surface area contributed by atoms with E-state index in [1.54, 1.807) is 4.90 Å². The molecule has 4 heteroatoms. The van der Waals surface area contributed by atoms with Crippen molar-refractivity contribution in [2.45, 2.75) is 71.1 Å². The van der Waals surface area contributed by atoms with Crippen molar-refractivity contribution in [3.63, 3.8) is 0 Å². The number of hydrogen-bond acceptors (Lipinski definition) is 3. The van der Waals surface area contributed by atoms with Gasteiger partial charge in [0.25, 0.3) is 0 Å². The predicted octanol–water partition coefficient (Wildman–Crippen LogP) is 4.02. The lowest BCUT2D eigenvalue weighted by molar-refractivity contribution is -0.0251. The molecular weight excluding hydrogens is 302 g/mol. The molecule has 1 aliphatic rings. The molecule has 1 aromatic carbocycles. The molecule has 0 bridgehead atoms. The number of hydrogen-bond donors (Lipinski definition) is 1. The minimum atomic E-state index is -0.514. The number of carbonyl (C=O) groups is 1. The van der Waals surface area contributed by atoms with Gasteiger partial charge in [0.05, 0.1) is 12.1 Å². The first-order chi connectivity index (χ1) is 11.3. The van der Waals surface area contributed by atoms with Crippen molar-refractivity contribution in [3.8, 4) is 0 Å². The van der Waals surface area contributed by atoms with Crippen LogP contribution in [0.2, 0.25) is 0 Å². The maximum atomic E-state index is 12.5. The van der Waals surface area contributed by atoms with Crippen LogP contribution in [-0.2, 0) is 11.2 Å². The van der Waals surface area contributed by atoms with Crippen LogP contribution in [0.3, 0.4) is 0 Å². The molecule has 1 heterocycles. The van der Waals surface area contributed by atoms with Crippen LogP contribution in [0.1, 0.15) is 52.5 Å². The van der Waals surface area contributed by atoms with Crippen LogP contribution in [0.15, 0.2) is 30.3 Å². The van der Waals surface area contributed by atoms with Crippen LogP contribution >= 0.6 is 0 Å². The van der Waals surface area contributed by atoms with E-state index in [2.05, 4.69) is 24.3 Å². The first-order valence-electron chi connectivity index (χ1n) is 9.01. The first kappa shape index (κ1) is 18.8.